The molecule has 0 aliphatic heterocycles. The summed E-state index contributed by atoms with van der Waals surface area (Å²) in [5.74, 6) is 3.88. The first-order chi connectivity index (χ1) is 18.1. The number of rotatable bonds is 6. The average molecular weight is 523 g/mol. The number of carbonyl (C=O) groups is 1. The van der Waals surface area contributed by atoms with Crippen molar-refractivity contribution in [3.05, 3.63) is 35.4 Å². The van der Waals surface area contributed by atoms with Crippen LogP contribution in [0.5, 0.6) is 0 Å². The molecule has 2 unspecified atom stereocenters. The van der Waals surface area contributed by atoms with E-state index in [9.17, 15) is 20.1 Å². The Labute approximate surface area is 229 Å². The molecule has 0 radical (unpaired) electrons. The number of benzene rings is 1. The zero-order valence-corrected chi connectivity index (χ0v) is 24.0. The molecule has 6 rings (SSSR count). The van der Waals surface area contributed by atoms with Crippen molar-refractivity contribution in [1.29, 1.82) is 0 Å². The van der Waals surface area contributed by atoms with Crippen LogP contribution in [0.4, 0.5) is 0 Å². The van der Waals surface area contributed by atoms with Gasteiger partial charge in [-0.2, -0.15) is 0 Å². The zero-order valence-electron chi connectivity index (χ0n) is 24.0. The second-order valence-electron chi connectivity index (χ2n) is 14.8. The molecule has 210 valence electrons. The number of aliphatic hydroxyl groups excluding tert-OH is 2. The second kappa shape index (κ2) is 9.61. The van der Waals surface area contributed by atoms with Crippen LogP contribution in [0.2, 0.25) is 0 Å². The van der Waals surface area contributed by atoms with E-state index in [1.807, 2.05) is 18.2 Å². The van der Waals surface area contributed by atoms with E-state index in [0.29, 0.717) is 64.2 Å². The van der Waals surface area contributed by atoms with Crippen LogP contribution in [0.25, 0.3) is 0 Å². The smallest absolute Gasteiger partial charge is 0.335 e. The first-order valence-electron chi connectivity index (χ1n) is 15.8. The van der Waals surface area contributed by atoms with E-state index < -0.39 is 5.97 Å². The Hall–Kier alpha value is -1.39. The molecule has 0 amide bonds. The molecule has 4 heteroatoms. The number of hydrogen-bond donors (Lipinski definition) is 3. The molecule has 1 aromatic carbocycles. The number of carboxylic acid groups (broad SMARTS) is 1. The summed E-state index contributed by atoms with van der Waals surface area (Å²) in [4.78, 5) is 11.8. The SMILES string of the molecule is CC[C@H]1[C@@H](O)[C@@H]2[C@H](CC[C@]3(C)[C@@H]([C@H](C)CC4CC4c4ccccc4C(=O)O)CC[C@@H]23)[C@@]2(C)CC[C@@H](O)C[C@@H]12. The molecule has 38 heavy (non-hydrogen) atoms. The highest BCUT2D eigenvalue weighted by molar-refractivity contribution is 5.89. The van der Waals surface area contributed by atoms with Gasteiger partial charge in [-0.05, 0) is 134 Å². The van der Waals surface area contributed by atoms with Crippen molar-refractivity contribution in [2.75, 3.05) is 0 Å². The molecule has 5 aliphatic rings. The highest BCUT2D eigenvalue weighted by Gasteiger charge is 2.65. The third kappa shape index (κ3) is 4.02. The van der Waals surface area contributed by atoms with Crippen LogP contribution >= 0.6 is 0 Å². The van der Waals surface area contributed by atoms with Gasteiger partial charge in [0.2, 0.25) is 0 Å². The molecular weight excluding hydrogens is 472 g/mol. The zero-order chi connectivity index (χ0) is 27.0. The fourth-order valence-electron chi connectivity index (χ4n) is 11.5. The minimum Gasteiger partial charge on any atom is -0.478 e. The van der Waals surface area contributed by atoms with E-state index in [2.05, 4.69) is 27.7 Å². The molecule has 5 aliphatic carbocycles. The predicted octanol–water partition coefficient (Wildman–Crippen LogP) is 7.14. The number of aliphatic hydroxyl groups is 2. The molecule has 0 saturated heterocycles. The van der Waals surface area contributed by atoms with Crippen molar-refractivity contribution in [2.45, 2.75) is 110 Å². The Morgan fingerprint density at radius 1 is 0.974 bits per heavy atom. The summed E-state index contributed by atoms with van der Waals surface area (Å²) in [6, 6.07) is 7.61. The van der Waals surface area contributed by atoms with Gasteiger partial charge in [0, 0.05) is 0 Å². The normalized spacial score (nSPS) is 48.5. The quantitative estimate of drug-likeness (QED) is 0.371. The monoisotopic (exact) mass is 522 g/mol. The molecule has 0 bridgehead atoms. The van der Waals surface area contributed by atoms with Gasteiger partial charge in [0.25, 0.3) is 0 Å². The molecule has 3 N–H and O–H groups in total. The minimum absolute atomic E-state index is 0.190. The van der Waals surface area contributed by atoms with Crippen LogP contribution in [0.3, 0.4) is 0 Å². The standard InChI is InChI=1S/C34H50O4/c1-5-22-29-18-21(35)12-14-34(29,4)28-13-15-33(3)26(10-11-27(33)30(28)31(22)36)19(2)16-20-17-25(20)23-8-6-7-9-24(23)32(37)38/h6-9,19-22,25-31,35-36H,5,10-18H2,1-4H3,(H,37,38)/t19-,20?,21-,22-,25?,26-,27+,28+,29+,30+,31-,33-,34-/m1/s1. The fourth-order valence-corrected chi connectivity index (χ4v) is 11.5. The van der Waals surface area contributed by atoms with Crippen LogP contribution in [0, 0.1) is 58.2 Å². The van der Waals surface area contributed by atoms with Gasteiger partial charge in [-0.15, -0.1) is 0 Å². The molecule has 0 aromatic heterocycles. The summed E-state index contributed by atoms with van der Waals surface area (Å²) in [6.45, 7) is 9.81. The lowest BCUT2D eigenvalue weighted by molar-refractivity contribution is -0.203. The second-order valence-corrected chi connectivity index (χ2v) is 14.8. The van der Waals surface area contributed by atoms with Gasteiger partial charge in [-0.25, -0.2) is 4.79 Å². The van der Waals surface area contributed by atoms with Gasteiger partial charge in [-0.3, -0.25) is 0 Å². The van der Waals surface area contributed by atoms with Gasteiger partial charge in [0.15, 0.2) is 0 Å². The summed E-state index contributed by atoms with van der Waals surface area (Å²) >= 11 is 0. The molecule has 4 nitrogen and oxygen atoms in total. The lowest BCUT2D eigenvalue weighted by atomic mass is 9.41. The van der Waals surface area contributed by atoms with E-state index in [1.165, 1.54) is 32.1 Å². The maximum Gasteiger partial charge on any atom is 0.335 e. The Balaban J connectivity index is 1.19. The van der Waals surface area contributed by atoms with Crippen LogP contribution < -0.4 is 0 Å². The third-order valence-corrected chi connectivity index (χ3v) is 13.3. The molecule has 0 heterocycles. The number of fused-ring (bicyclic) bond motifs is 5. The van der Waals surface area contributed by atoms with Gasteiger partial charge in [-0.1, -0.05) is 52.3 Å². The summed E-state index contributed by atoms with van der Waals surface area (Å²) in [5, 5.41) is 32.2. The largest absolute Gasteiger partial charge is 0.478 e. The van der Waals surface area contributed by atoms with E-state index in [1.54, 1.807) is 6.07 Å². The lowest BCUT2D eigenvalue weighted by Gasteiger charge is -2.64. The van der Waals surface area contributed by atoms with E-state index >= 15 is 0 Å². The van der Waals surface area contributed by atoms with Crippen molar-refractivity contribution in [3.8, 4) is 0 Å². The van der Waals surface area contributed by atoms with Crippen LogP contribution in [0.15, 0.2) is 24.3 Å². The van der Waals surface area contributed by atoms with Crippen molar-refractivity contribution in [3.63, 3.8) is 0 Å². The molecule has 0 spiro atoms. The number of carboxylic acids is 1. The Kier molecular flexibility index (Phi) is 6.78. The Morgan fingerprint density at radius 3 is 2.42 bits per heavy atom. The Morgan fingerprint density at radius 2 is 1.68 bits per heavy atom. The maximum absolute atomic E-state index is 11.9. The number of aromatic carboxylic acids is 1. The van der Waals surface area contributed by atoms with Crippen molar-refractivity contribution in [1.82, 2.24) is 0 Å². The van der Waals surface area contributed by atoms with Gasteiger partial charge in [0.1, 0.15) is 0 Å². The van der Waals surface area contributed by atoms with Gasteiger partial charge < -0.3 is 15.3 Å². The molecule has 5 fully saturated rings. The first-order valence-corrected chi connectivity index (χ1v) is 15.8. The van der Waals surface area contributed by atoms with Gasteiger partial charge >= 0.3 is 5.97 Å². The minimum atomic E-state index is -0.804. The average Bonchev–Trinajstić information content (AvgIpc) is 3.55. The van der Waals surface area contributed by atoms with Gasteiger partial charge in [0.05, 0.1) is 17.8 Å². The van der Waals surface area contributed by atoms with Crippen molar-refractivity contribution >= 4 is 5.97 Å². The fraction of sp³-hybridized carbons (Fsp3) is 0.794. The number of hydrogen-bond acceptors (Lipinski definition) is 3. The highest BCUT2D eigenvalue weighted by Crippen LogP contribution is 2.70. The summed E-state index contributed by atoms with van der Waals surface area (Å²) in [5.41, 5.74) is 2.07. The van der Waals surface area contributed by atoms with Crippen molar-refractivity contribution in [2.24, 2.45) is 58.2 Å². The van der Waals surface area contributed by atoms with E-state index in [4.69, 9.17) is 0 Å². The first kappa shape index (κ1) is 26.8. The topological polar surface area (TPSA) is 77.8 Å². The van der Waals surface area contributed by atoms with Crippen LogP contribution in [0.1, 0.15) is 114 Å². The summed E-state index contributed by atoms with van der Waals surface area (Å²) in [6.07, 6.45) is 10.9. The predicted molar refractivity (Wildman–Crippen MR) is 150 cm³/mol. The van der Waals surface area contributed by atoms with Crippen LogP contribution in [-0.4, -0.2) is 33.5 Å². The summed E-state index contributed by atoms with van der Waals surface area (Å²) < 4.78 is 0. The molecule has 13 atom stereocenters. The lowest BCUT2D eigenvalue weighted by Crippen LogP contribution is -2.62. The molecular formula is C34H50O4. The highest BCUT2D eigenvalue weighted by atomic mass is 16.4. The summed E-state index contributed by atoms with van der Waals surface area (Å²) in [7, 11) is 0. The van der Waals surface area contributed by atoms with E-state index in [-0.39, 0.29) is 17.6 Å². The molecule has 1 aromatic rings. The third-order valence-electron chi connectivity index (χ3n) is 13.3. The van der Waals surface area contributed by atoms with Crippen molar-refractivity contribution < 1.29 is 20.1 Å². The molecule has 5 saturated carbocycles. The maximum atomic E-state index is 11.9. The van der Waals surface area contributed by atoms with Crippen LogP contribution in [-0.2, 0) is 0 Å². The van der Waals surface area contributed by atoms with E-state index in [0.717, 1.165) is 37.7 Å². The Bertz CT molecular complexity index is 1050.